The van der Waals surface area contributed by atoms with E-state index in [1.54, 1.807) is 13.8 Å². The fraction of sp³-hybridized carbons (Fsp3) is 0.389. The second-order valence-corrected chi connectivity index (χ2v) is 6.94. The zero-order chi connectivity index (χ0) is 21.6. The molecule has 0 bridgehead atoms. The number of nitrogens with one attached hydrogen (secondary N) is 1. The maximum Gasteiger partial charge on any atom is 0.419 e. The number of hydrogen-bond acceptors (Lipinski definition) is 5. The Balaban J connectivity index is 1.88. The Bertz CT molecular complexity index is 1030. The van der Waals surface area contributed by atoms with E-state index in [1.807, 2.05) is 0 Å². The van der Waals surface area contributed by atoms with E-state index in [2.05, 4.69) is 10.3 Å². The summed E-state index contributed by atoms with van der Waals surface area (Å²) in [5.41, 5.74) is -3.87. The summed E-state index contributed by atoms with van der Waals surface area (Å²) in [6, 6.07) is 2.30. The molecular formula is C18H17F4N3O4. The van der Waals surface area contributed by atoms with Gasteiger partial charge in [-0.3, -0.25) is 14.2 Å². The normalized spacial score (nSPS) is 15.7. The number of nitrogens with zero attached hydrogens (tertiary/aromatic N) is 2. The number of carbonyl (C=O) groups is 1. The third kappa shape index (κ3) is 3.95. The summed E-state index contributed by atoms with van der Waals surface area (Å²) < 4.78 is 58.5. The molecule has 0 saturated carbocycles. The van der Waals surface area contributed by atoms with Crippen molar-refractivity contribution in [3.05, 3.63) is 57.0 Å². The molecule has 0 fully saturated rings. The van der Waals surface area contributed by atoms with Crippen LogP contribution in [0.3, 0.4) is 0 Å². The molecule has 156 valence electrons. The van der Waals surface area contributed by atoms with Gasteiger partial charge in [-0.05, 0) is 31.5 Å². The first kappa shape index (κ1) is 20.8. The number of benzene rings is 1. The van der Waals surface area contributed by atoms with Crippen LogP contribution in [0.5, 0.6) is 5.75 Å². The SMILES string of the molecule is CC1(C)OCCn2c1nc(C(=O)NCc1ccc(F)c(C(F)(F)F)c1)c(O)c2=O. The third-order valence-electron chi connectivity index (χ3n) is 4.47. The Kier molecular flexibility index (Phi) is 5.11. The van der Waals surface area contributed by atoms with Gasteiger partial charge in [0.25, 0.3) is 11.5 Å². The largest absolute Gasteiger partial charge is 0.501 e. The van der Waals surface area contributed by atoms with Crippen molar-refractivity contribution in [3.63, 3.8) is 0 Å². The first-order valence-electron chi connectivity index (χ1n) is 8.54. The monoisotopic (exact) mass is 415 g/mol. The summed E-state index contributed by atoms with van der Waals surface area (Å²) >= 11 is 0. The zero-order valence-corrected chi connectivity index (χ0v) is 15.4. The highest BCUT2D eigenvalue weighted by molar-refractivity contribution is 5.94. The lowest BCUT2D eigenvalue weighted by molar-refractivity contribution is -0.140. The van der Waals surface area contributed by atoms with Crippen LogP contribution in [0.4, 0.5) is 17.6 Å². The number of carbonyl (C=O) groups excluding carboxylic acids is 1. The molecule has 3 rings (SSSR count). The highest BCUT2D eigenvalue weighted by atomic mass is 19.4. The molecule has 0 aliphatic carbocycles. The molecular weight excluding hydrogens is 398 g/mol. The van der Waals surface area contributed by atoms with E-state index < -0.39 is 52.6 Å². The third-order valence-corrected chi connectivity index (χ3v) is 4.47. The van der Waals surface area contributed by atoms with Crippen molar-refractivity contribution in [1.82, 2.24) is 14.9 Å². The molecule has 0 unspecified atom stereocenters. The van der Waals surface area contributed by atoms with Crippen molar-refractivity contribution in [1.29, 1.82) is 0 Å². The van der Waals surface area contributed by atoms with E-state index in [0.29, 0.717) is 12.1 Å². The van der Waals surface area contributed by atoms with Gasteiger partial charge in [0.05, 0.1) is 18.7 Å². The van der Waals surface area contributed by atoms with Crippen LogP contribution < -0.4 is 10.9 Å². The minimum Gasteiger partial charge on any atom is -0.501 e. The summed E-state index contributed by atoms with van der Waals surface area (Å²) in [4.78, 5) is 28.8. The molecule has 1 aromatic heterocycles. The van der Waals surface area contributed by atoms with Crippen LogP contribution in [0.25, 0.3) is 0 Å². The molecule has 0 atom stereocenters. The quantitative estimate of drug-likeness (QED) is 0.751. The van der Waals surface area contributed by atoms with Gasteiger partial charge in [0.15, 0.2) is 5.69 Å². The van der Waals surface area contributed by atoms with E-state index in [9.17, 15) is 32.3 Å². The van der Waals surface area contributed by atoms with E-state index in [-0.39, 0.29) is 24.5 Å². The van der Waals surface area contributed by atoms with Gasteiger partial charge < -0.3 is 15.2 Å². The molecule has 1 amide bonds. The van der Waals surface area contributed by atoms with Crippen LogP contribution in [0.15, 0.2) is 23.0 Å². The van der Waals surface area contributed by atoms with Gasteiger partial charge in [0, 0.05) is 6.54 Å². The average molecular weight is 415 g/mol. The molecule has 1 aliphatic heterocycles. The average Bonchev–Trinajstić information content (AvgIpc) is 2.62. The second-order valence-electron chi connectivity index (χ2n) is 6.94. The number of rotatable bonds is 3. The number of aromatic nitrogens is 2. The molecule has 2 heterocycles. The van der Waals surface area contributed by atoms with Gasteiger partial charge in [-0.25, -0.2) is 9.37 Å². The summed E-state index contributed by atoms with van der Waals surface area (Å²) in [6.07, 6.45) is -4.89. The van der Waals surface area contributed by atoms with Crippen molar-refractivity contribution in [2.45, 2.75) is 38.7 Å². The summed E-state index contributed by atoms with van der Waals surface area (Å²) in [7, 11) is 0. The van der Waals surface area contributed by atoms with Crippen molar-refractivity contribution in [2.24, 2.45) is 0 Å². The predicted molar refractivity (Wildman–Crippen MR) is 91.7 cm³/mol. The topological polar surface area (TPSA) is 93.5 Å². The molecule has 29 heavy (non-hydrogen) atoms. The molecule has 11 heteroatoms. The van der Waals surface area contributed by atoms with Crippen molar-refractivity contribution in [2.75, 3.05) is 6.61 Å². The smallest absolute Gasteiger partial charge is 0.419 e. The molecule has 0 spiro atoms. The standard InChI is InChI=1S/C18H17F4N3O4/c1-17(2)16-24-12(13(26)15(28)25(16)5-6-29-17)14(27)23-8-9-3-4-11(19)10(7-9)18(20,21)22/h3-4,7,26H,5-6,8H2,1-2H3,(H,23,27). The number of halogens is 4. The number of amides is 1. The van der Waals surface area contributed by atoms with Crippen molar-refractivity contribution >= 4 is 5.91 Å². The van der Waals surface area contributed by atoms with Gasteiger partial charge in [-0.1, -0.05) is 6.07 Å². The fourth-order valence-corrected chi connectivity index (χ4v) is 2.99. The molecule has 2 N–H and O–H groups in total. The summed E-state index contributed by atoms with van der Waals surface area (Å²) in [6.45, 7) is 3.25. The van der Waals surface area contributed by atoms with Crippen LogP contribution in [0.1, 0.15) is 41.3 Å². The number of alkyl halides is 3. The van der Waals surface area contributed by atoms with E-state index in [4.69, 9.17) is 4.74 Å². The molecule has 2 aromatic rings. The van der Waals surface area contributed by atoms with E-state index in [1.165, 1.54) is 4.57 Å². The van der Waals surface area contributed by atoms with Gasteiger partial charge in [-0.2, -0.15) is 13.2 Å². The number of ether oxygens (including phenoxy) is 1. The fourth-order valence-electron chi connectivity index (χ4n) is 2.99. The first-order chi connectivity index (χ1) is 13.4. The first-order valence-corrected chi connectivity index (χ1v) is 8.54. The van der Waals surface area contributed by atoms with Crippen LogP contribution in [0.2, 0.25) is 0 Å². The lowest BCUT2D eigenvalue weighted by atomic mass is 10.1. The molecule has 0 radical (unpaired) electrons. The van der Waals surface area contributed by atoms with Crippen LogP contribution in [-0.4, -0.2) is 27.2 Å². The highest BCUT2D eigenvalue weighted by Crippen LogP contribution is 2.32. The molecule has 1 aliphatic rings. The molecule has 1 aromatic carbocycles. The Morgan fingerprint density at radius 2 is 2.07 bits per heavy atom. The van der Waals surface area contributed by atoms with Crippen LogP contribution in [0, 0.1) is 5.82 Å². The highest BCUT2D eigenvalue weighted by Gasteiger charge is 2.35. The number of hydrogen-bond donors (Lipinski definition) is 2. The van der Waals surface area contributed by atoms with Gasteiger partial charge in [-0.15, -0.1) is 0 Å². The molecule has 0 saturated heterocycles. The van der Waals surface area contributed by atoms with Crippen molar-refractivity contribution in [3.8, 4) is 5.75 Å². The van der Waals surface area contributed by atoms with Crippen molar-refractivity contribution < 1.29 is 32.2 Å². The van der Waals surface area contributed by atoms with E-state index >= 15 is 0 Å². The van der Waals surface area contributed by atoms with Crippen LogP contribution >= 0.6 is 0 Å². The Hall–Kier alpha value is -2.95. The second kappa shape index (κ2) is 7.14. The minimum absolute atomic E-state index is 0.0232. The zero-order valence-electron chi connectivity index (χ0n) is 15.4. The lowest BCUT2D eigenvalue weighted by Crippen LogP contribution is -2.42. The number of fused-ring (bicyclic) bond motifs is 1. The summed E-state index contributed by atoms with van der Waals surface area (Å²) in [5.74, 6) is -3.14. The Labute approximate surface area is 161 Å². The predicted octanol–water partition coefficient (Wildman–Crippen LogP) is 2.30. The lowest BCUT2D eigenvalue weighted by Gasteiger charge is -2.32. The van der Waals surface area contributed by atoms with Gasteiger partial charge >= 0.3 is 6.18 Å². The maximum absolute atomic E-state index is 13.4. The Morgan fingerprint density at radius 1 is 1.38 bits per heavy atom. The van der Waals surface area contributed by atoms with Gasteiger partial charge in [0.2, 0.25) is 5.75 Å². The summed E-state index contributed by atoms with van der Waals surface area (Å²) in [5, 5.41) is 12.4. The Morgan fingerprint density at radius 3 is 2.72 bits per heavy atom. The maximum atomic E-state index is 13.4. The minimum atomic E-state index is -4.89. The van der Waals surface area contributed by atoms with Gasteiger partial charge in [0.1, 0.15) is 17.2 Å². The molecule has 7 nitrogen and oxygen atoms in total. The van der Waals surface area contributed by atoms with E-state index in [0.717, 1.165) is 6.07 Å². The number of aromatic hydroxyl groups is 1. The van der Waals surface area contributed by atoms with Crippen LogP contribution in [-0.2, 0) is 29.6 Å².